The highest BCUT2D eigenvalue weighted by Crippen LogP contribution is 2.29. The molecular weight excluding hydrogens is 321 g/mol. The van der Waals surface area contributed by atoms with E-state index in [1.165, 1.54) is 29.1 Å². The fourth-order valence-electron chi connectivity index (χ4n) is 2.85. The Kier molecular flexibility index (Phi) is 4.59. The lowest BCUT2D eigenvalue weighted by molar-refractivity contribution is -0.137. The Labute approximate surface area is 137 Å². The largest absolute Gasteiger partial charge is 0.458 e. The second-order valence-corrected chi connectivity index (χ2v) is 5.84. The van der Waals surface area contributed by atoms with E-state index < -0.39 is 17.7 Å². The van der Waals surface area contributed by atoms with Crippen molar-refractivity contribution in [3.63, 3.8) is 0 Å². The van der Waals surface area contributed by atoms with Crippen LogP contribution in [-0.2, 0) is 10.9 Å². The third kappa shape index (κ3) is 3.60. The highest BCUT2D eigenvalue weighted by molar-refractivity contribution is 5.88. The molecule has 3 rings (SSSR count). The zero-order valence-electron chi connectivity index (χ0n) is 12.9. The standard InChI is InChI=1S/C17H17F3N2O2/c18-17(19,20)12-6-8-13(9-7-12)22-15(10-11-21-22)16(23)24-14-4-2-1-3-5-14/h6-11,14H,1-5H2. The number of benzene rings is 1. The molecule has 0 spiro atoms. The van der Waals surface area contributed by atoms with Crippen molar-refractivity contribution in [2.24, 2.45) is 0 Å². The highest BCUT2D eigenvalue weighted by atomic mass is 19.4. The number of aromatic nitrogens is 2. The predicted octanol–water partition coefficient (Wildman–Crippen LogP) is 4.38. The van der Waals surface area contributed by atoms with Crippen LogP contribution in [0.4, 0.5) is 13.2 Å². The molecule has 24 heavy (non-hydrogen) atoms. The van der Waals surface area contributed by atoms with Crippen LogP contribution in [0.15, 0.2) is 36.5 Å². The van der Waals surface area contributed by atoms with Crippen LogP contribution in [0.1, 0.15) is 48.2 Å². The van der Waals surface area contributed by atoms with Gasteiger partial charge in [-0.3, -0.25) is 0 Å². The molecule has 0 saturated heterocycles. The lowest BCUT2D eigenvalue weighted by Gasteiger charge is -2.21. The molecule has 7 heteroatoms. The average Bonchev–Trinajstić information content (AvgIpc) is 3.05. The summed E-state index contributed by atoms with van der Waals surface area (Å²) in [6.07, 6.45) is 1.85. The minimum atomic E-state index is -4.40. The van der Waals surface area contributed by atoms with Gasteiger partial charge in [0, 0.05) is 0 Å². The number of carbonyl (C=O) groups excluding carboxylic acids is 1. The van der Waals surface area contributed by atoms with Gasteiger partial charge in [0.2, 0.25) is 0 Å². The first-order valence-electron chi connectivity index (χ1n) is 7.88. The summed E-state index contributed by atoms with van der Waals surface area (Å²) in [6, 6.07) is 6.00. The summed E-state index contributed by atoms with van der Waals surface area (Å²) in [5.41, 5.74) is -0.159. The molecule has 1 aromatic heterocycles. The summed E-state index contributed by atoms with van der Waals surface area (Å²) in [5.74, 6) is -0.501. The number of alkyl halides is 3. The van der Waals surface area contributed by atoms with E-state index in [2.05, 4.69) is 5.10 Å². The number of ether oxygens (including phenoxy) is 1. The van der Waals surface area contributed by atoms with Gasteiger partial charge in [-0.1, -0.05) is 6.42 Å². The molecule has 0 bridgehead atoms. The number of carbonyl (C=O) groups is 1. The lowest BCUT2D eigenvalue weighted by atomic mass is 9.98. The molecule has 0 amide bonds. The van der Waals surface area contributed by atoms with E-state index in [9.17, 15) is 18.0 Å². The second-order valence-electron chi connectivity index (χ2n) is 5.84. The Morgan fingerprint density at radius 1 is 1.08 bits per heavy atom. The van der Waals surface area contributed by atoms with Crippen molar-refractivity contribution >= 4 is 5.97 Å². The quantitative estimate of drug-likeness (QED) is 0.780. The van der Waals surface area contributed by atoms with Crippen molar-refractivity contribution in [2.45, 2.75) is 44.4 Å². The van der Waals surface area contributed by atoms with Gasteiger partial charge < -0.3 is 4.74 Å². The minimum Gasteiger partial charge on any atom is -0.458 e. The molecule has 0 N–H and O–H groups in total. The van der Waals surface area contributed by atoms with Gasteiger partial charge in [0.1, 0.15) is 6.10 Å². The molecule has 0 radical (unpaired) electrons. The van der Waals surface area contributed by atoms with E-state index in [4.69, 9.17) is 4.74 Å². The first-order valence-corrected chi connectivity index (χ1v) is 7.88. The first kappa shape index (κ1) is 16.5. The number of hydrogen-bond donors (Lipinski definition) is 0. The number of rotatable bonds is 3. The third-order valence-electron chi connectivity index (χ3n) is 4.12. The highest BCUT2D eigenvalue weighted by Gasteiger charge is 2.30. The average molecular weight is 338 g/mol. The molecule has 0 atom stereocenters. The smallest absolute Gasteiger partial charge is 0.416 e. The fraction of sp³-hybridized carbons (Fsp3) is 0.412. The summed E-state index contributed by atoms with van der Waals surface area (Å²) >= 11 is 0. The number of esters is 1. The Bertz CT molecular complexity index is 701. The van der Waals surface area contributed by atoms with E-state index in [1.807, 2.05) is 0 Å². The van der Waals surface area contributed by atoms with Gasteiger partial charge in [-0.25, -0.2) is 9.48 Å². The van der Waals surface area contributed by atoms with Crippen molar-refractivity contribution in [1.29, 1.82) is 0 Å². The fourth-order valence-corrected chi connectivity index (χ4v) is 2.85. The number of hydrogen-bond acceptors (Lipinski definition) is 3. The SMILES string of the molecule is O=C(OC1CCCCC1)c1ccnn1-c1ccc(C(F)(F)F)cc1. The molecule has 0 unspecified atom stereocenters. The molecule has 1 fully saturated rings. The van der Waals surface area contributed by atoms with Crippen LogP contribution in [-0.4, -0.2) is 21.9 Å². The Morgan fingerprint density at radius 3 is 2.38 bits per heavy atom. The molecule has 1 aromatic carbocycles. The molecule has 4 nitrogen and oxygen atoms in total. The molecule has 1 saturated carbocycles. The third-order valence-corrected chi connectivity index (χ3v) is 4.12. The van der Waals surface area contributed by atoms with Crippen LogP contribution >= 0.6 is 0 Å². The van der Waals surface area contributed by atoms with E-state index in [0.29, 0.717) is 5.69 Å². The van der Waals surface area contributed by atoms with Gasteiger partial charge in [-0.2, -0.15) is 18.3 Å². The Morgan fingerprint density at radius 2 is 1.75 bits per heavy atom. The monoisotopic (exact) mass is 338 g/mol. The van der Waals surface area contributed by atoms with Crippen molar-refractivity contribution in [3.8, 4) is 5.69 Å². The second kappa shape index (κ2) is 6.67. The Balaban J connectivity index is 1.78. The van der Waals surface area contributed by atoms with E-state index in [1.54, 1.807) is 0 Å². The maximum absolute atomic E-state index is 12.6. The van der Waals surface area contributed by atoms with E-state index >= 15 is 0 Å². The van der Waals surface area contributed by atoms with Crippen LogP contribution in [0.2, 0.25) is 0 Å². The normalized spacial score (nSPS) is 16.1. The topological polar surface area (TPSA) is 44.1 Å². The molecule has 1 aliphatic rings. The van der Waals surface area contributed by atoms with Crippen LogP contribution in [0.3, 0.4) is 0 Å². The van der Waals surface area contributed by atoms with Gasteiger partial charge >= 0.3 is 12.1 Å². The van der Waals surface area contributed by atoms with Crippen molar-refractivity contribution in [2.75, 3.05) is 0 Å². The van der Waals surface area contributed by atoms with Gasteiger partial charge in [0.05, 0.1) is 17.4 Å². The predicted molar refractivity (Wildman–Crippen MR) is 80.9 cm³/mol. The van der Waals surface area contributed by atoms with Crippen molar-refractivity contribution in [3.05, 3.63) is 47.8 Å². The zero-order chi connectivity index (χ0) is 17.2. The maximum Gasteiger partial charge on any atom is 0.416 e. The van der Waals surface area contributed by atoms with Gasteiger partial charge in [-0.05, 0) is 56.0 Å². The summed E-state index contributed by atoms with van der Waals surface area (Å²) in [6.45, 7) is 0. The van der Waals surface area contributed by atoms with Crippen molar-refractivity contribution < 1.29 is 22.7 Å². The molecule has 1 heterocycles. The summed E-state index contributed by atoms with van der Waals surface area (Å²) < 4.78 is 44.7. The minimum absolute atomic E-state index is 0.0952. The van der Waals surface area contributed by atoms with E-state index in [0.717, 1.165) is 44.2 Å². The lowest BCUT2D eigenvalue weighted by Crippen LogP contribution is -2.22. The van der Waals surface area contributed by atoms with Crippen LogP contribution in [0, 0.1) is 0 Å². The van der Waals surface area contributed by atoms with Crippen LogP contribution in [0.25, 0.3) is 5.69 Å². The summed E-state index contributed by atoms with van der Waals surface area (Å²) in [7, 11) is 0. The molecule has 2 aromatic rings. The van der Waals surface area contributed by atoms with Gasteiger partial charge in [0.25, 0.3) is 0 Å². The summed E-state index contributed by atoms with van der Waals surface area (Å²) in [4.78, 5) is 12.3. The Hall–Kier alpha value is -2.31. The van der Waals surface area contributed by atoms with Crippen LogP contribution < -0.4 is 0 Å². The first-order chi connectivity index (χ1) is 11.4. The van der Waals surface area contributed by atoms with Crippen molar-refractivity contribution in [1.82, 2.24) is 9.78 Å². The molecule has 1 aliphatic carbocycles. The van der Waals surface area contributed by atoms with E-state index in [-0.39, 0.29) is 11.8 Å². The molecule has 128 valence electrons. The number of nitrogens with zero attached hydrogens (tertiary/aromatic N) is 2. The van der Waals surface area contributed by atoms with Crippen LogP contribution in [0.5, 0.6) is 0 Å². The van der Waals surface area contributed by atoms with Gasteiger partial charge in [0.15, 0.2) is 5.69 Å². The van der Waals surface area contributed by atoms with Gasteiger partial charge in [-0.15, -0.1) is 0 Å². The molecule has 0 aliphatic heterocycles. The molecular formula is C17H17F3N2O2. The zero-order valence-corrected chi connectivity index (χ0v) is 12.9. The summed E-state index contributed by atoms with van der Waals surface area (Å²) in [5, 5.41) is 4.03. The number of halogens is 3. The maximum atomic E-state index is 12.6.